The van der Waals surface area contributed by atoms with Crippen molar-refractivity contribution in [1.82, 2.24) is 0 Å². The van der Waals surface area contributed by atoms with Gasteiger partial charge < -0.3 is 30.6 Å². The molecule has 0 aromatic rings. The van der Waals surface area contributed by atoms with Crippen molar-refractivity contribution < 1.29 is 59.4 Å². The van der Waals surface area contributed by atoms with E-state index in [9.17, 15) is 49.2 Å². The van der Waals surface area contributed by atoms with E-state index in [-0.39, 0.29) is 64.2 Å². The van der Waals surface area contributed by atoms with Gasteiger partial charge in [0, 0.05) is 12.8 Å². The van der Waals surface area contributed by atoms with Crippen molar-refractivity contribution in [2.45, 2.75) is 64.2 Å². The first-order chi connectivity index (χ1) is 14.9. The highest BCUT2D eigenvalue weighted by Crippen LogP contribution is 2.35. The first-order valence-electron chi connectivity index (χ1n) is 10.2. The summed E-state index contributed by atoms with van der Waals surface area (Å²) in [7, 11) is 0. The summed E-state index contributed by atoms with van der Waals surface area (Å²) in [6, 6.07) is 0. The molecule has 4 unspecified atom stereocenters. The molecule has 0 spiro atoms. The molecule has 0 fully saturated rings. The number of carbonyl (C=O) groups is 6. The van der Waals surface area contributed by atoms with Gasteiger partial charge >= 0.3 is 35.8 Å². The first-order valence-corrected chi connectivity index (χ1v) is 10.2. The number of carboxylic acids is 6. The Kier molecular flexibility index (Phi) is 13.3. The van der Waals surface area contributed by atoms with E-state index in [1.54, 1.807) is 0 Å². The van der Waals surface area contributed by atoms with Gasteiger partial charge in [0.05, 0.1) is 23.7 Å². The van der Waals surface area contributed by atoms with Gasteiger partial charge in [0.2, 0.25) is 0 Å². The van der Waals surface area contributed by atoms with Gasteiger partial charge in [-0.15, -0.1) is 0 Å². The van der Waals surface area contributed by atoms with Gasteiger partial charge in [-0.05, 0) is 25.7 Å². The molecule has 12 nitrogen and oxygen atoms in total. The van der Waals surface area contributed by atoms with E-state index in [4.69, 9.17) is 10.2 Å². The predicted octanol–water partition coefficient (Wildman–Crippen LogP) is 1.86. The third-order valence-electron chi connectivity index (χ3n) is 5.27. The average molecular weight is 462 g/mol. The summed E-state index contributed by atoms with van der Waals surface area (Å²) in [4.78, 5) is 68.4. The Morgan fingerprint density at radius 2 is 0.750 bits per heavy atom. The van der Waals surface area contributed by atoms with Gasteiger partial charge in [-0.1, -0.05) is 25.7 Å². The zero-order valence-corrected chi connectivity index (χ0v) is 17.5. The summed E-state index contributed by atoms with van der Waals surface area (Å²) in [5, 5.41) is 55.6. The van der Waals surface area contributed by atoms with E-state index in [0.717, 1.165) is 0 Å². The Morgan fingerprint density at radius 1 is 0.438 bits per heavy atom. The van der Waals surface area contributed by atoms with Crippen molar-refractivity contribution >= 4 is 35.8 Å². The largest absolute Gasteiger partial charge is 0.481 e. The summed E-state index contributed by atoms with van der Waals surface area (Å²) in [5.41, 5.74) is 0. The minimum Gasteiger partial charge on any atom is -0.481 e. The zero-order chi connectivity index (χ0) is 24.8. The highest BCUT2D eigenvalue weighted by atomic mass is 16.4. The van der Waals surface area contributed by atoms with Crippen molar-refractivity contribution in [3.8, 4) is 0 Å². The maximum atomic E-state index is 11.9. The van der Waals surface area contributed by atoms with Gasteiger partial charge in [0.25, 0.3) is 0 Å². The first kappa shape index (κ1) is 28.8. The van der Waals surface area contributed by atoms with Crippen molar-refractivity contribution in [2.75, 3.05) is 0 Å². The van der Waals surface area contributed by atoms with E-state index >= 15 is 0 Å². The number of hydrogen-bond acceptors (Lipinski definition) is 6. The number of carboxylic acid groups (broad SMARTS) is 6. The molecule has 12 heteroatoms. The molecule has 0 heterocycles. The van der Waals surface area contributed by atoms with Crippen molar-refractivity contribution in [3.63, 3.8) is 0 Å². The quantitative estimate of drug-likeness (QED) is 0.151. The van der Waals surface area contributed by atoms with Crippen molar-refractivity contribution in [3.05, 3.63) is 0 Å². The van der Waals surface area contributed by atoms with Gasteiger partial charge in [0.15, 0.2) is 0 Å². The molecule has 0 bridgehead atoms. The summed E-state index contributed by atoms with van der Waals surface area (Å²) < 4.78 is 0. The van der Waals surface area contributed by atoms with Crippen LogP contribution in [0.15, 0.2) is 0 Å². The third-order valence-corrected chi connectivity index (χ3v) is 5.27. The fourth-order valence-electron chi connectivity index (χ4n) is 3.70. The van der Waals surface area contributed by atoms with Crippen LogP contribution in [0.4, 0.5) is 0 Å². The second-order valence-electron chi connectivity index (χ2n) is 7.60. The summed E-state index contributed by atoms with van der Waals surface area (Å²) in [6.45, 7) is 0. The van der Waals surface area contributed by atoms with Crippen LogP contribution in [0.1, 0.15) is 64.2 Å². The summed E-state index contributed by atoms with van der Waals surface area (Å²) in [6.07, 6.45) is 0.493. The lowest BCUT2D eigenvalue weighted by atomic mass is 9.71. The number of hydrogen-bond donors (Lipinski definition) is 6. The van der Waals surface area contributed by atoms with Gasteiger partial charge in [-0.2, -0.15) is 0 Å². The van der Waals surface area contributed by atoms with Crippen LogP contribution in [0.25, 0.3) is 0 Å². The molecule has 0 aromatic carbocycles. The molecule has 0 rings (SSSR count). The van der Waals surface area contributed by atoms with Crippen LogP contribution in [0.3, 0.4) is 0 Å². The van der Waals surface area contributed by atoms with E-state index in [1.807, 2.05) is 0 Å². The molecule has 0 aliphatic heterocycles. The van der Waals surface area contributed by atoms with Crippen molar-refractivity contribution in [1.29, 1.82) is 0 Å². The van der Waals surface area contributed by atoms with Crippen LogP contribution in [0.2, 0.25) is 0 Å². The lowest BCUT2D eigenvalue weighted by Crippen LogP contribution is -2.44. The summed E-state index contributed by atoms with van der Waals surface area (Å²) >= 11 is 0. The molecule has 0 saturated heterocycles. The molecule has 0 aromatic heterocycles. The molecule has 0 amide bonds. The minimum absolute atomic E-state index is 0.132. The Hall–Kier alpha value is -3.18. The normalized spacial score (nSPS) is 14.6. The second kappa shape index (κ2) is 14.8. The average Bonchev–Trinajstić information content (AvgIpc) is 2.65. The fraction of sp³-hybridized carbons (Fsp3) is 0.700. The maximum absolute atomic E-state index is 11.9. The standard InChI is InChI=1S/C20H30O12/c21-13(22)9-5-1-3-7-11(17(25)26)15(19(29)30)16(20(31)32)12(18(27)28)8-4-2-6-10-14(23)24/h11-12,15-16H,1-10H2,(H,21,22)(H,23,24)(H,25,26)(H,27,28)(H,29,30)(H,31,32). The van der Waals surface area contributed by atoms with Gasteiger partial charge in [-0.3, -0.25) is 28.8 Å². The molecule has 0 saturated carbocycles. The Morgan fingerprint density at radius 3 is 0.969 bits per heavy atom. The predicted molar refractivity (Wildman–Crippen MR) is 106 cm³/mol. The Bertz CT molecular complexity index is 628. The molecule has 0 aliphatic carbocycles. The molecular weight excluding hydrogens is 432 g/mol. The molecule has 32 heavy (non-hydrogen) atoms. The molecule has 182 valence electrons. The SMILES string of the molecule is O=C(O)CCCCCC(C(=O)O)C(C(=O)O)C(C(=O)O)C(CCCCCC(=O)O)C(=O)O. The lowest BCUT2D eigenvalue weighted by molar-refractivity contribution is -0.168. The Labute approximate surface area is 183 Å². The van der Waals surface area contributed by atoms with Crippen LogP contribution >= 0.6 is 0 Å². The zero-order valence-electron chi connectivity index (χ0n) is 17.5. The Balaban J connectivity index is 5.53. The molecular formula is C20H30O12. The molecule has 0 aliphatic rings. The highest BCUT2D eigenvalue weighted by Gasteiger charge is 2.48. The maximum Gasteiger partial charge on any atom is 0.308 e. The number of unbranched alkanes of at least 4 members (excludes halogenated alkanes) is 4. The molecule has 6 N–H and O–H groups in total. The van der Waals surface area contributed by atoms with Crippen LogP contribution in [0.5, 0.6) is 0 Å². The smallest absolute Gasteiger partial charge is 0.308 e. The van der Waals surface area contributed by atoms with E-state index in [1.165, 1.54) is 0 Å². The van der Waals surface area contributed by atoms with Crippen LogP contribution < -0.4 is 0 Å². The summed E-state index contributed by atoms with van der Waals surface area (Å²) in [5.74, 6) is -16.1. The fourth-order valence-corrected chi connectivity index (χ4v) is 3.70. The van der Waals surface area contributed by atoms with Crippen LogP contribution in [-0.4, -0.2) is 66.5 Å². The monoisotopic (exact) mass is 462 g/mol. The molecule has 4 atom stereocenters. The number of aliphatic carboxylic acids is 6. The second-order valence-corrected chi connectivity index (χ2v) is 7.60. The molecule has 0 radical (unpaired) electrons. The van der Waals surface area contributed by atoms with Crippen LogP contribution in [0, 0.1) is 23.7 Å². The third kappa shape index (κ3) is 10.7. The van der Waals surface area contributed by atoms with Gasteiger partial charge in [0.1, 0.15) is 0 Å². The van der Waals surface area contributed by atoms with Crippen LogP contribution in [-0.2, 0) is 28.8 Å². The van der Waals surface area contributed by atoms with Crippen molar-refractivity contribution in [2.24, 2.45) is 23.7 Å². The van der Waals surface area contributed by atoms with E-state index in [0.29, 0.717) is 0 Å². The van der Waals surface area contributed by atoms with E-state index in [2.05, 4.69) is 0 Å². The lowest BCUT2D eigenvalue weighted by Gasteiger charge is -2.30. The topological polar surface area (TPSA) is 224 Å². The number of rotatable bonds is 19. The minimum atomic E-state index is -2.01. The van der Waals surface area contributed by atoms with Gasteiger partial charge in [-0.25, -0.2) is 0 Å². The van der Waals surface area contributed by atoms with E-state index < -0.39 is 59.5 Å². The highest BCUT2D eigenvalue weighted by molar-refractivity contribution is 5.88.